The Morgan fingerprint density at radius 3 is 2.47 bits per heavy atom. The molecule has 8 heteroatoms. The van der Waals surface area contributed by atoms with E-state index in [9.17, 15) is 8.42 Å². The zero-order chi connectivity index (χ0) is 12.2. The Morgan fingerprint density at radius 2 is 1.88 bits per heavy atom. The molecular formula is C9H13Cl3N2O2S. The Kier molecular flexibility index (Phi) is 7.39. The van der Waals surface area contributed by atoms with Crippen molar-refractivity contribution in [1.29, 1.82) is 0 Å². The molecule has 1 aromatic carbocycles. The van der Waals surface area contributed by atoms with Crippen molar-refractivity contribution < 1.29 is 8.42 Å². The summed E-state index contributed by atoms with van der Waals surface area (Å²) in [7, 11) is -1.86. The molecule has 0 saturated heterocycles. The molecule has 2 N–H and O–H groups in total. The van der Waals surface area contributed by atoms with Gasteiger partial charge in [0.05, 0.1) is 5.02 Å². The molecule has 0 aliphatic rings. The molecule has 0 aromatic heterocycles. The standard InChI is InChI=1S/C9H12Cl2N2O2S.ClH/c1-12-4-5-13-16(14,15)9-6-7(10)2-3-8(9)11;/h2-3,6,12-13H,4-5H2,1H3;1H. The molecule has 17 heavy (non-hydrogen) atoms. The van der Waals surface area contributed by atoms with Crippen molar-refractivity contribution in [2.75, 3.05) is 20.1 Å². The van der Waals surface area contributed by atoms with Crippen LogP contribution in [0.15, 0.2) is 23.1 Å². The van der Waals surface area contributed by atoms with Crippen molar-refractivity contribution in [1.82, 2.24) is 10.0 Å². The van der Waals surface area contributed by atoms with E-state index in [1.54, 1.807) is 7.05 Å². The highest BCUT2D eigenvalue weighted by atomic mass is 35.5. The van der Waals surface area contributed by atoms with Gasteiger partial charge in [0.2, 0.25) is 10.0 Å². The van der Waals surface area contributed by atoms with E-state index >= 15 is 0 Å². The minimum Gasteiger partial charge on any atom is -0.318 e. The summed E-state index contributed by atoms with van der Waals surface area (Å²) in [6.45, 7) is 0.832. The predicted octanol–water partition coefficient (Wildman–Crippen LogP) is 1.91. The first-order valence-corrected chi connectivity index (χ1v) is 6.80. The van der Waals surface area contributed by atoms with Gasteiger partial charge in [-0.2, -0.15) is 0 Å². The fraction of sp³-hybridized carbons (Fsp3) is 0.333. The van der Waals surface area contributed by atoms with Crippen molar-refractivity contribution in [3.05, 3.63) is 28.2 Å². The van der Waals surface area contributed by atoms with Crippen molar-refractivity contribution in [3.63, 3.8) is 0 Å². The number of likely N-dealkylation sites (N-methyl/N-ethyl adjacent to an activating group) is 1. The summed E-state index contributed by atoms with van der Waals surface area (Å²) in [5.41, 5.74) is 0. The summed E-state index contributed by atoms with van der Waals surface area (Å²) in [5, 5.41) is 3.32. The molecule has 0 aliphatic carbocycles. The summed E-state index contributed by atoms with van der Waals surface area (Å²) >= 11 is 11.5. The molecule has 1 rings (SSSR count). The highest BCUT2D eigenvalue weighted by molar-refractivity contribution is 7.89. The van der Waals surface area contributed by atoms with Crippen LogP contribution in [0.2, 0.25) is 10.0 Å². The van der Waals surface area contributed by atoms with Crippen LogP contribution < -0.4 is 10.0 Å². The summed E-state index contributed by atoms with van der Waals surface area (Å²) < 4.78 is 26.0. The molecule has 0 aliphatic heterocycles. The van der Waals surface area contributed by atoms with Gasteiger partial charge in [-0.25, -0.2) is 13.1 Å². The molecule has 0 bridgehead atoms. The van der Waals surface area contributed by atoms with Crippen molar-refractivity contribution in [3.8, 4) is 0 Å². The lowest BCUT2D eigenvalue weighted by Gasteiger charge is -2.08. The quantitative estimate of drug-likeness (QED) is 0.815. The van der Waals surface area contributed by atoms with Gasteiger partial charge in [0.1, 0.15) is 4.90 Å². The first kappa shape index (κ1) is 17.0. The Morgan fingerprint density at radius 1 is 1.24 bits per heavy atom. The van der Waals surface area contributed by atoms with Crippen molar-refractivity contribution in [2.45, 2.75) is 4.90 Å². The SMILES string of the molecule is CNCCNS(=O)(=O)c1cc(Cl)ccc1Cl.Cl. The molecule has 0 spiro atoms. The topological polar surface area (TPSA) is 58.2 Å². The average molecular weight is 320 g/mol. The van der Waals surface area contributed by atoms with Crippen LogP contribution in [-0.2, 0) is 10.0 Å². The first-order valence-electron chi connectivity index (χ1n) is 4.56. The number of hydrogen-bond donors (Lipinski definition) is 2. The summed E-state index contributed by atoms with van der Waals surface area (Å²) in [4.78, 5) is -0.00207. The number of benzene rings is 1. The first-order chi connectivity index (χ1) is 7.47. The smallest absolute Gasteiger partial charge is 0.242 e. The van der Waals surface area contributed by atoms with Gasteiger partial charge in [0.15, 0.2) is 0 Å². The second-order valence-electron chi connectivity index (χ2n) is 3.08. The maximum atomic E-state index is 11.8. The summed E-state index contributed by atoms with van der Waals surface area (Å²) in [6.07, 6.45) is 0. The molecule has 1 aromatic rings. The zero-order valence-corrected chi connectivity index (χ0v) is 12.2. The molecule has 0 saturated carbocycles. The molecular weight excluding hydrogens is 307 g/mol. The minimum absolute atomic E-state index is 0. The van der Waals surface area contributed by atoms with Crippen molar-refractivity contribution >= 4 is 45.6 Å². The summed E-state index contributed by atoms with van der Waals surface area (Å²) in [6, 6.07) is 4.32. The van der Waals surface area contributed by atoms with Gasteiger partial charge in [0, 0.05) is 18.1 Å². The van der Waals surface area contributed by atoms with E-state index in [4.69, 9.17) is 23.2 Å². The van der Waals surface area contributed by atoms with E-state index in [1.807, 2.05) is 0 Å². The van der Waals surface area contributed by atoms with Gasteiger partial charge >= 0.3 is 0 Å². The van der Waals surface area contributed by atoms with Crippen LogP contribution in [0.1, 0.15) is 0 Å². The molecule has 0 amide bonds. The zero-order valence-electron chi connectivity index (χ0n) is 9.04. The molecule has 0 atom stereocenters. The number of hydrogen-bond acceptors (Lipinski definition) is 3. The Labute approximate surface area is 117 Å². The number of rotatable bonds is 5. The Hall–Kier alpha value is -0.0400. The van der Waals surface area contributed by atoms with E-state index in [2.05, 4.69) is 10.0 Å². The fourth-order valence-electron chi connectivity index (χ4n) is 1.07. The minimum atomic E-state index is -3.59. The van der Waals surface area contributed by atoms with Gasteiger partial charge in [-0.05, 0) is 25.2 Å². The highest BCUT2D eigenvalue weighted by Crippen LogP contribution is 2.24. The van der Waals surface area contributed by atoms with Gasteiger partial charge in [-0.3, -0.25) is 0 Å². The molecule has 0 unspecified atom stereocenters. The maximum Gasteiger partial charge on any atom is 0.242 e. The molecule has 0 heterocycles. The average Bonchev–Trinajstić information content (AvgIpc) is 2.22. The van der Waals surface area contributed by atoms with E-state index in [0.717, 1.165) is 0 Å². The highest BCUT2D eigenvalue weighted by Gasteiger charge is 2.17. The second kappa shape index (κ2) is 7.41. The predicted molar refractivity (Wildman–Crippen MR) is 72.8 cm³/mol. The molecule has 98 valence electrons. The lowest BCUT2D eigenvalue weighted by molar-refractivity contribution is 0.579. The van der Waals surface area contributed by atoms with Gasteiger partial charge in [-0.1, -0.05) is 23.2 Å². The second-order valence-corrected chi connectivity index (χ2v) is 5.66. The number of halogens is 3. The normalized spacial score (nSPS) is 11.0. The lowest BCUT2D eigenvalue weighted by atomic mass is 10.4. The van der Waals surface area contributed by atoms with E-state index in [-0.39, 0.29) is 22.3 Å². The van der Waals surface area contributed by atoms with E-state index < -0.39 is 10.0 Å². The van der Waals surface area contributed by atoms with E-state index in [1.165, 1.54) is 18.2 Å². The fourth-order valence-corrected chi connectivity index (χ4v) is 2.86. The van der Waals surface area contributed by atoms with Crippen LogP contribution in [0.25, 0.3) is 0 Å². The van der Waals surface area contributed by atoms with Crippen LogP contribution in [0.5, 0.6) is 0 Å². The van der Waals surface area contributed by atoms with Crippen LogP contribution in [0, 0.1) is 0 Å². The third-order valence-electron chi connectivity index (χ3n) is 1.85. The maximum absolute atomic E-state index is 11.8. The summed E-state index contributed by atoms with van der Waals surface area (Å²) in [5.74, 6) is 0. The van der Waals surface area contributed by atoms with Crippen molar-refractivity contribution in [2.24, 2.45) is 0 Å². The van der Waals surface area contributed by atoms with Crippen LogP contribution in [0.3, 0.4) is 0 Å². The Balaban J connectivity index is 0.00000256. The Bertz CT molecular complexity index is 465. The molecule has 0 radical (unpaired) electrons. The van der Waals surface area contributed by atoms with Crippen LogP contribution in [0.4, 0.5) is 0 Å². The molecule has 0 fully saturated rings. The van der Waals surface area contributed by atoms with E-state index in [0.29, 0.717) is 18.1 Å². The monoisotopic (exact) mass is 318 g/mol. The van der Waals surface area contributed by atoms with Crippen LogP contribution in [-0.4, -0.2) is 28.6 Å². The van der Waals surface area contributed by atoms with Gasteiger partial charge in [0.25, 0.3) is 0 Å². The van der Waals surface area contributed by atoms with Gasteiger partial charge < -0.3 is 5.32 Å². The third-order valence-corrected chi connectivity index (χ3v) is 4.03. The largest absolute Gasteiger partial charge is 0.318 e. The van der Waals surface area contributed by atoms with Crippen LogP contribution >= 0.6 is 35.6 Å². The number of nitrogens with one attached hydrogen (secondary N) is 2. The molecule has 4 nitrogen and oxygen atoms in total. The van der Waals surface area contributed by atoms with Gasteiger partial charge in [-0.15, -0.1) is 12.4 Å². The third kappa shape index (κ3) is 4.99. The number of sulfonamides is 1. The lowest BCUT2D eigenvalue weighted by Crippen LogP contribution is -2.30.